The van der Waals surface area contributed by atoms with E-state index in [4.69, 9.17) is 11.1 Å². The Morgan fingerprint density at radius 1 is 1.33 bits per heavy atom. The van der Waals surface area contributed by atoms with Crippen molar-refractivity contribution in [2.45, 2.75) is 59.4 Å². The Balaban J connectivity index is 2.31. The fourth-order valence-corrected chi connectivity index (χ4v) is 3.39. The van der Waals surface area contributed by atoms with Crippen molar-refractivity contribution in [1.29, 1.82) is 5.41 Å². The molecule has 4 nitrogen and oxygen atoms in total. The molecule has 0 spiro atoms. The fourth-order valence-electron chi connectivity index (χ4n) is 3.39. The van der Waals surface area contributed by atoms with Crippen molar-refractivity contribution in [1.82, 2.24) is 4.98 Å². The number of nitrogens with two attached hydrogens (primary N) is 1. The Morgan fingerprint density at radius 2 is 1.90 bits per heavy atom. The number of nitrogens with zero attached hydrogens (tertiary/aromatic N) is 2. The van der Waals surface area contributed by atoms with Crippen molar-refractivity contribution >= 4 is 11.5 Å². The summed E-state index contributed by atoms with van der Waals surface area (Å²) in [5.41, 5.74) is 9.92. The Kier molecular flexibility index (Phi) is 4.26. The smallest absolute Gasteiger partial charge is 0.126 e. The Hall–Kier alpha value is -1.58. The zero-order valence-corrected chi connectivity index (χ0v) is 14.0. The molecule has 1 fully saturated rings. The van der Waals surface area contributed by atoms with E-state index in [1.165, 1.54) is 25.7 Å². The van der Waals surface area contributed by atoms with Gasteiger partial charge in [-0.3, -0.25) is 10.4 Å². The van der Waals surface area contributed by atoms with Gasteiger partial charge in [0.1, 0.15) is 5.84 Å². The number of hydrogen-bond acceptors (Lipinski definition) is 3. The molecular formula is C17H28N4. The highest BCUT2D eigenvalue weighted by Crippen LogP contribution is 2.38. The SMILES string of the molecule is Cc1cc(N(C)C2CCC(C)(C)CC2)c(C(=N)N)c(C)n1. The van der Waals surface area contributed by atoms with Gasteiger partial charge in [0, 0.05) is 18.8 Å². The minimum Gasteiger partial charge on any atom is -0.384 e. The summed E-state index contributed by atoms with van der Waals surface area (Å²) in [5, 5.41) is 7.87. The molecule has 1 saturated carbocycles. The monoisotopic (exact) mass is 288 g/mol. The van der Waals surface area contributed by atoms with Crippen molar-refractivity contribution in [2.24, 2.45) is 11.1 Å². The van der Waals surface area contributed by atoms with E-state index < -0.39 is 0 Å². The first-order valence-corrected chi connectivity index (χ1v) is 7.77. The molecule has 21 heavy (non-hydrogen) atoms. The molecule has 4 heteroatoms. The first-order valence-electron chi connectivity index (χ1n) is 7.77. The zero-order chi connectivity index (χ0) is 15.8. The fraction of sp³-hybridized carbons (Fsp3) is 0.647. The van der Waals surface area contributed by atoms with Crippen molar-refractivity contribution in [3.63, 3.8) is 0 Å². The quantitative estimate of drug-likeness (QED) is 0.662. The van der Waals surface area contributed by atoms with E-state index >= 15 is 0 Å². The van der Waals surface area contributed by atoms with Gasteiger partial charge < -0.3 is 10.6 Å². The number of nitrogen functional groups attached to an aromatic ring is 1. The molecule has 0 bridgehead atoms. The predicted molar refractivity (Wildman–Crippen MR) is 89.2 cm³/mol. The number of aromatic nitrogens is 1. The number of hydrogen-bond donors (Lipinski definition) is 2. The van der Waals surface area contributed by atoms with Crippen LogP contribution in [0.25, 0.3) is 0 Å². The van der Waals surface area contributed by atoms with Crippen LogP contribution in [0, 0.1) is 24.7 Å². The van der Waals surface area contributed by atoms with Crippen LogP contribution in [-0.2, 0) is 0 Å². The average molecular weight is 288 g/mol. The van der Waals surface area contributed by atoms with Crippen LogP contribution in [0.4, 0.5) is 5.69 Å². The topological polar surface area (TPSA) is 66.0 Å². The molecule has 0 atom stereocenters. The van der Waals surface area contributed by atoms with Gasteiger partial charge in [-0.2, -0.15) is 0 Å². The lowest BCUT2D eigenvalue weighted by Crippen LogP contribution is -2.38. The van der Waals surface area contributed by atoms with Crippen LogP contribution >= 0.6 is 0 Å². The summed E-state index contributed by atoms with van der Waals surface area (Å²) in [5.74, 6) is 0.109. The molecule has 0 aliphatic heterocycles. The maximum absolute atomic E-state index is 7.87. The molecule has 1 aromatic heterocycles. The second-order valence-corrected chi connectivity index (χ2v) is 7.16. The largest absolute Gasteiger partial charge is 0.384 e. The van der Waals surface area contributed by atoms with Crippen molar-refractivity contribution in [3.05, 3.63) is 23.0 Å². The number of amidine groups is 1. The van der Waals surface area contributed by atoms with Crippen LogP contribution in [0.3, 0.4) is 0 Å². The summed E-state index contributed by atoms with van der Waals surface area (Å²) >= 11 is 0. The van der Waals surface area contributed by atoms with E-state index in [0.29, 0.717) is 11.5 Å². The second kappa shape index (κ2) is 5.66. The van der Waals surface area contributed by atoms with Gasteiger partial charge in [0.15, 0.2) is 0 Å². The normalized spacial score (nSPS) is 18.5. The molecule has 1 aromatic rings. The lowest BCUT2D eigenvalue weighted by molar-refractivity contribution is 0.222. The zero-order valence-electron chi connectivity index (χ0n) is 14.0. The van der Waals surface area contributed by atoms with Gasteiger partial charge >= 0.3 is 0 Å². The second-order valence-electron chi connectivity index (χ2n) is 7.16. The number of rotatable bonds is 3. The molecule has 0 saturated heterocycles. The average Bonchev–Trinajstić information content (AvgIpc) is 2.36. The summed E-state index contributed by atoms with van der Waals surface area (Å²) in [4.78, 5) is 6.77. The van der Waals surface area contributed by atoms with E-state index in [-0.39, 0.29) is 5.84 Å². The minimum absolute atomic E-state index is 0.109. The van der Waals surface area contributed by atoms with Crippen molar-refractivity contribution in [2.75, 3.05) is 11.9 Å². The summed E-state index contributed by atoms with van der Waals surface area (Å²) in [6.45, 7) is 8.64. The number of pyridine rings is 1. The lowest BCUT2D eigenvalue weighted by Gasteiger charge is -2.40. The Bertz CT molecular complexity index is 538. The minimum atomic E-state index is 0.109. The molecule has 116 valence electrons. The molecule has 0 unspecified atom stereocenters. The molecule has 0 amide bonds. The highest BCUT2D eigenvalue weighted by atomic mass is 15.1. The van der Waals surface area contributed by atoms with Gasteiger partial charge in [0.25, 0.3) is 0 Å². The predicted octanol–water partition coefficient (Wildman–Crippen LogP) is 3.39. The molecule has 3 N–H and O–H groups in total. The highest BCUT2D eigenvalue weighted by Gasteiger charge is 2.30. The van der Waals surface area contributed by atoms with Crippen LogP contribution in [-0.4, -0.2) is 23.9 Å². The lowest BCUT2D eigenvalue weighted by atomic mass is 9.75. The standard InChI is InChI=1S/C17H28N4/c1-11-10-14(15(16(18)19)12(2)20-11)21(5)13-6-8-17(3,4)9-7-13/h10,13H,6-9H2,1-5H3,(H3,18,19). The van der Waals surface area contributed by atoms with Gasteiger partial charge in [-0.25, -0.2) is 0 Å². The molecule has 2 rings (SSSR count). The molecule has 0 aromatic carbocycles. The third-order valence-electron chi connectivity index (χ3n) is 4.81. The summed E-state index contributed by atoms with van der Waals surface area (Å²) in [6.07, 6.45) is 4.89. The van der Waals surface area contributed by atoms with Crippen molar-refractivity contribution in [3.8, 4) is 0 Å². The number of aryl methyl sites for hydroxylation is 2. The van der Waals surface area contributed by atoms with E-state index in [1.54, 1.807) is 0 Å². The Morgan fingerprint density at radius 3 is 2.43 bits per heavy atom. The van der Waals surface area contributed by atoms with E-state index in [0.717, 1.165) is 22.6 Å². The van der Waals surface area contributed by atoms with E-state index in [2.05, 4.69) is 36.8 Å². The van der Waals surface area contributed by atoms with E-state index in [1.807, 2.05) is 13.8 Å². The number of anilines is 1. The maximum Gasteiger partial charge on any atom is 0.126 e. The summed E-state index contributed by atoms with van der Waals surface area (Å²) in [7, 11) is 2.13. The van der Waals surface area contributed by atoms with Gasteiger partial charge in [-0.05, 0) is 51.0 Å². The summed E-state index contributed by atoms with van der Waals surface area (Å²) in [6, 6.07) is 2.58. The van der Waals surface area contributed by atoms with Crippen LogP contribution in [0.2, 0.25) is 0 Å². The number of nitrogens with one attached hydrogen (secondary N) is 1. The third kappa shape index (κ3) is 3.36. The van der Waals surface area contributed by atoms with Crippen LogP contribution < -0.4 is 10.6 Å². The highest BCUT2D eigenvalue weighted by molar-refractivity contribution is 6.01. The molecule has 1 aliphatic carbocycles. The summed E-state index contributed by atoms with van der Waals surface area (Å²) < 4.78 is 0. The van der Waals surface area contributed by atoms with E-state index in [9.17, 15) is 0 Å². The molecule has 0 radical (unpaired) electrons. The van der Waals surface area contributed by atoms with Crippen LogP contribution in [0.1, 0.15) is 56.5 Å². The van der Waals surface area contributed by atoms with Crippen LogP contribution in [0.15, 0.2) is 6.07 Å². The van der Waals surface area contributed by atoms with Gasteiger partial charge in [0.05, 0.1) is 16.9 Å². The first-order chi connectivity index (χ1) is 9.71. The van der Waals surface area contributed by atoms with Crippen molar-refractivity contribution < 1.29 is 0 Å². The molecular weight excluding hydrogens is 260 g/mol. The Labute approximate surface area is 128 Å². The van der Waals surface area contributed by atoms with Gasteiger partial charge in [0.2, 0.25) is 0 Å². The molecule has 1 aliphatic rings. The third-order valence-corrected chi connectivity index (χ3v) is 4.81. The first kappa shape index (κ1) is 15.8. The van der Waals surface area contributed by atoms with Crippen LogP contribution in [0.5, 0.6) is 0 Å². The maximum atomic E-state index is 7.87. The van der Waals surface area contributed by atoms with Gasteiger partial charge in [-0.15, -0.1) is 0 Å². The molecule has 1 heterocycles. The van der Waals surface area contributed by atoms with Gasteiger partial charge in [-0.1, -0.05) is 13.8 Å².